The molecule has 0 bridgehead atoms. The molecule has 2 heteroatoms. The van der Waals surface area contributed by atoms with Crippen LogP contribution in [0.25, 0.3) is 0 Å². The predicted octanol–water partition coefficient (Wildman–Crippen LogP) is 2.31. The highest BCUT2D eigenvalue weighted by Crippen LogP contribution is 2.41. The topological polar surface area (TPSA) is 52.0 Å². The summed E-state index contributed by atoms with van der Waals surface area (Å²) in [6, 6.07) is 0.106. The molecule has 0 fully saturated rings. The van der Waals surface area contributed by atoms with Crippen LogP contribution in [0.2, 0.25) is 0 Å². The number of hydrogen-bond donors (Lipinski definition) is 2. The van der Waals surface area contributed by atoms with Crippen molar-refractivity contribution < 1.29 is 0 Å². The smallest absolute Gasteiger partial charge is 0.0339 e. The van der Waals surface area contributed by atoms with Gasteiger partial charge in [-0.2, -0.15) is 0 Å². The van der Waals surface area contributed by atoms with E-state index in [0.717, 1.165) is 24.1 Å². The molecular formula is C12H22N2. The Morgan fingerprint density at radius 2 is 2.00 bits per heavy atom. The van der Waals surface area contributed by atoms with E-state index in [-0.39, 0.29) is 11.5 Å². The Balaban J connectivity index is 3.23. The monoisotopic (exact) mass is 194 g/mol. The lowest BCUT2D eigenvalue weighted by atomic mass is 9.68. The SMILES string of the molecule is CCC1=C(N)C(C)=CC(N)C1(C)CC. The van der Waals surface area contributed by atoms with Gasteiger partial charge in [-0.05, 0) is 30.9 Å². The summed E-state index contributed by atoms with van der Waals surface area (Å²) in [7, 11) is 0. The van der Waals surface area contributed by atoms with E-state index in [9.17, 15) is 0 Å². The maximum atomic E-state index is 6.18. The van der Waals surface area contributed by atoms with Crippen LogP contribution < -0.4 is 11.5 Å². The Morgan fingerprint density at radius 1 is 1.43 bits per heavy atom. The number of nitrogens with two attached hydrogens (primary N) is 2. The lowest BCUT2D eigenvalue weighted by molar-refractivity contribution is 0.322. The van der Waals surface area contributed by atoms with Crippen LogP contribution in [0.15, 0.2) is 22.9 Å². The number of hydrogen-bond acceptors (Lipinski definition) is 2. The molecule has 14 heavy (non-hydrogen) atoms. The van der Waals surface area contributed by atoms with Crippen molar-refractivity contribution in [3.05, 3.63) is 22.9 Å². The standard InChI is InChI=1S/C12H22N2/c1-5-9-11(14)8(3)7-10(13)12(9,4)6-2/h7,10H,5-6,13-14H2,1-4H3. The molecule has 0 aromatic carbocycles. The summed E-state index contributed by atoms with van der Waals surface area (Å²) in [5.41, 5.74) is 15.8. The fourth-order valence-corrected chi connectivity index (χ4v) is 2.33. The number of allylic oxidation sites excluding steroid dienone is 1. The van der Waals surface area contributed by atoms with Crippen molar-refractivity contribution in [1.82, 2.24) is 0 Å². The van der Waals surface area contributed by atoms with Crippen molar-refractivity contribution in [3.63, 3.8) is 0 Å². The summed E-state index contributed by atoms with van der Waals surface area (Å²) >= 11 is 0. The second kappa shape index (κ2) is 3.77. The Bertz CT molecular complexity index is 289. The molecule has 1 aliphatic rings. The van der Waals surface area contributed by atoms with E-state index in [4.69, 9.17) is 11.5 Å². The van der Waals surface area contributed by atoms with Gasteiger partial charge in [0.1, 0.15) is 0 Å². The normalized spacial score (nSPS) is 33.2. The van der Waals surface area contributed by atoms with Crippen LogP contribution in [0.3, 0.4) is 0 Å². The second-order valence-corrected chi connectivity index (χ2v) is 4.39. The third kappa shape index (κ3) is 1.48. The van der Waals surface area contributed by atoms with E-state index in [1.807, 2.05) is 6.92 Å². The summed E-state index contributed by atoms with van der Waals surface area (Å²) in [6.45, 7) is 8.59. The van der Waals surface area contributed by atoms with E-state index >= 15 is 0 Å². The number of rotatable bonds is 2. The van der Waals surface area contributed by atoms with E-state index in [0.29, 0.717) is 0 Å². The molecule has 2 unspecified atom stereocenters. The molecular weight excluding hydrogens is 172 g/mol. The first-order valence-corrected chi connectivity index (χ1v) is 5.40. The zero-order chi connectivity index (χ0) is 10.9. The fraction of sp³-hybridized carbons (Fsp3) is 0.667. The maximum Gasteiger partial charge on any atom is 0.0339 e. The minimum absolute atomic E-state index is 0.0539. The van der Waals surface area contributed by atoms with Crippen molar-refractivity contribution in [2.45, 2.75) is 46.6 Å². The first kappa shape index (κ1) is 11.3. The molecule has 0 radical (unpaired) electrons. The van der Waals surface area contributed by atoms with Gasteiger partial charge in [-0.15, -0.1) is 0 Å². The molecule has 1 rings (SSSR count). The molecule has 0 aliphatic heterocycles. The highest BCUT2D eigenvalue weighted by atomic mass is 14.7. The third-order valence-corrected chi connectivity index (χ3v) is 3.69. The minimum Gasteiger partial charge on any atom is -0.399 e. The lowest BCUT2D eigenvalue weighted by Crippen LogP contribution is -2.43. The van der Waals surface area contributed by atoms with E-state index in [1.165, 1.54) is 5.57 Å². The predicted molar refractivity (Wildman–Crippen MR) is 61.6 cm³/mol. The Kier molecular flexibility index (Phi) is 3.05. The van der Waals surface area contributed by atoms with E-state index < -0.39 is 0 Å². The molecule has 80 valence electrons. The van der Waals surface area contributed by atoms with Gasteiger partial charge in [-0.1, -0.05) is 26.8 Å². The van der Waals surface area contributed by atoms with Crippen molar-refractivity contribution in [3.8, 4) is 0 Å². The van der Waals surface area contributed by atoms with Crippen molar-refractivity contribution >= 4 is 0 Å². The zero-order valence-electron chi connectivity index (χ0n) is 9.72. The van der Waals surface area contributed by atoms with Crippen LogP contribution in [-0.2, 0) is 0 Å². The van der Waals surface area contributed by atoms with Gasteiger partial charge in [0.05, 0.1) is 0 Å². The van der Waals surface area contributed by atoms with Gasteiger partial charge in [0.15, 0.2) is 0 Å². The van der Waals surface area contributed by atoms with Crippen LogP contribution in [0, 0.1) is 5.41 Å². The maximum absolute atomic E-state index is 6.18. The van der Waals surface area contributed by atoms with Crippen molar-refractivity contribution in [1.29, 1.82) is 0 Å². The molecule has 1 aliphatic carbocycles. The van der Waals surface area contributed by atoms with E-state index in [1.54, 1.807) is 0 Å². The molecule has 0 aromatic heterocycles. The largest absolute Gasteiger partial charge is 0.399 e. The van der Waals surface area contributed by atoms with Gasteiger partial charge in [0.2, 0.25) is 0 Å². The zero-order valence-corrected chi connectivity index (χ0v) is 9.72. The van der Waals surface area contributed by atoms with Crippen LogP contribution >= 0.6 is 0 Å². The van der Waals surface area contributed by atoms with Crippen LogP contribution in [0.4, 0.5) is 0 Å². The quantitative estimate of drug-likeness (QED) is 0.708. The average Bonchev–Trinajstić information content (AvgIpc) is 2.16. The lowest BCUT2D eigenvalue weighted by Gasteiger charge is -2.40. The molecule has 0 amide bonds. The van der Waals surface area contributed by atoms with Crippen LogP contribution in [0.1, 0.15) is 40.5 Å². The average molecular weight is 194 g/mol. The summed E-state index contributed by atoms with van der Waals surface area (Å²) < 4.78 is 0. The van der Waals surface area contributed by atoms with Gasteiger partial charge in [-0.25, -0.2) is 0 Å². The molecule has 0 heterocycles. The van der Waals surface area contributed by atoms with Gasteiger partial charge < -0.3 is 11.5 Å². The highest BCUT2D eigenvalue weighted by molar-refractivity contribution is 5.41. The van der Waals surface area contributed by atoms with Gasteiger partial charge in [0, 0.05) is 17.2 Å². The Morgan fingerprint density at radius 3 is 2.43 bits per heavy atom. The molecule has 2 nitrogen and oxygen atoms in total. The first-order valence-electron chi connectivity index (χ1n) is 5.40. The van der Waals surface area contributed by atoms with Gasteiger partial charge in [0.25, 0.3) is 0 Å². The van der Waals surface area contributed by atoms with Crippen LogP contribution in [0.5, 0.6) is 0 Å². The summed E-state index contributed by atoms with van der Waals surface area (Å²) in [5.74, 6) is 0. The molecule has 0 saturated heterocycles. The molecule has 0 aromatic rings. The van der Waals surface area contributed by atoms with E-state index in [2.05, 4.69) is 26.8 Å². The molecule has 4 N–H and O–H groups in total. The third-order valence-electron chi connectivity index (χ3n) is 3.69. The Hall–Kier alpha value is -0.760. The van der Waals surface area contributed by atoms with Gasteiger partial charge >= 0.3 is 0 Å². The first-order chi connectivity index (χ1) is 6.47. The highest BCUT2D eigenvalue weighted by Gasteiger charge is 2.36. The van der Waals surface area contributed by atoms with Crippen molar-refractivity contribution in [2.75, 3.05) is 0 Å². The molecule has 0 saturated carbocycles. The summed E-state index contributed by atoms with van der Waals surface area (Å²) in [5, 5.41) is 0. The molecule has 2 atom stereocenters. The summed E-state index contributed by atoms with van der Waals surface area (Å²) in [4.78, 5) is 0. The summed E-state index contributed by atoms with van der Waals surface area (Å²) in [6.07, 6.45) is 4.13. The minimum atomic E-state index is 0.0539. The van der Waals surface area contributed by atoms with Crippen molar-refractivity contribution in [2.24, 2.45) is 16.9 Å². The Labute approximate surface area is 87.0 Å². The van der Waals surface area contributed by atoms with Crippen LogP contribution in [-0.4, -0.2) is 6.04 Å². The second-order valence-electron chi connectivity index (χ2n) is 4.39. The molecule has 0 spiro atoms. The van der Waals surface area contributed by atoms with Gasteiger partial charge in [-0.3, -0.25) is 0 Å². The fourth-order valence-electron chi connectivity index (χ4n) is 2.33.